The number of primary sulfonamides is 1. The maximum atomic E-state index is 11.4. The Hall–Kier alpha value is -2.97. The quantitative estimate of drug-likeness (QED) is 0.721. The third-order valence-electron chi connectivity index (χ3n) is 3.59. The van der Waals surface area contributed by atoms with E-state index < -0.39 is 16.0 Å². The number of carboxylic acid groups (broad SMARTS) is 1. The zero-order valence-corrected chi connectivity index (χ0v) is 13.7. The van der Waals surface area contributed by atoms with Crippen molar-refractivity contribution >= 4 is 16.0 Å². The van der Waals surface area contributed by atoms with Crippen LogP contribution in [0.1, 0.15) is 5.76 Å². The van der Waals surface area contributed by atoms with E-state index in [1.165, 1.54) is 12.1 Å². The molecule has 128 valence electrons. The molecule has 0 spiro atoms. The monoisotopic (exact) mass is 358 g/mol. The van der Waals surface area contributed by atoms with Crippen LogP contribution in [0.5, 0.6) is 0 Å². The summed E-state index contributed by atoms with van der Waals surface area (Å²) in [5.41, 5.74) is 2.34. The number of nitrogens with two attached hydrogens (primary N) is 1. The van der Waals surface area contributed by atoms with Gasteiger partial charge in [0.25, 0.3) is 0 Å². The summed E-state index contributed by atoms with van der Waals surface area (Å²) in [7, 11) is -3.81. The summed E-state index contributed by atoms with van der Waals surface area (Å²) in [6, 6.07) is 15.0. The van der Waals surface area contributed by atoms with Crippen molar-refractivity contribution in [2.45, 2.75) is 11.3 Å². The standard InChI is InChI=1S/C17H14N2O5S/c18-25(22,23)13-8-6-11(7-9-13)16-14(10-15(20)21)24-19-17(16)12-4-2-1-3-5-12/h1-9H,10H2,(H,20,21)(H2,18,22,23). The van der Waals surface area contributed by atoms with Gasteiger partial charge in [0.1, 0.15) is 12.1 Å². The fourth-order valence-corrected chi connectivity index (χ4v) is 3.00. The van der Waals surface area contributed by atoms with Gasteiger partial charge in [-0.2, -0.15) is 0 Å². The average molecular weight is 358 g/mol. The lowest BCUT2D eigenvalue weighted by Crippen LogP contribution is -2.11. The number of aromatic nitrogens is 1. The van der Waals surface area contributed by atoms with Crippen molar-refractivity contribution in [2.75, 3.05) is 0 Å². The molecule has 8 heteroatoms. The van der Waals surface area contributed by atoms with Gasteiger partial charge in [-0.3, -0.25) is 4.79 Å². The molecule has 0 aliphatic heterocycles. The second kappa shape index (κ2) is 6.50. The fourth-order valence-electron chi connectivity index (χ4n) is 2.48. The molecule has 0 atom stereocenters. The lowest BCUT2D eigenvalue weighted by atomic mass is 9.98. The SMILES string of the molecule is NS(=O)(=O)c1ccc(-c2c(-c3ccccc3)noc2CC(=O)O)cc1. The molecule has 0 amide bonds. The van der Waals surface area contributed by atoms with Crippen molar-refractivity contribution in [1.29, 1.82) is 0 Å². The smallest absolute Gasteiger partial charge is 0.311 e. The Morgan fingerprint density at radius 1 is 1.04 bits per heavy atom. The summed E-state index contributed by atoms with van der Waals surface area (Å²) in [6.45, 7) is 0. The highest BCUT2D eigenvalue weighted by molar-refractivity contribution is 7.89. The number of benzene rings is 2. The third-order valence-corrected chi connectivity index (χ3v) is 4.52. The van der Waals surface area contributed by atoms with Crippen LogP contribution in [0, 0.1) is 0 Å². The molecule has 0 fully saturated rings. The van der Waals surface area contributed by atoms with Crippen LogP contribution < -0.4 is 5.14 Å². The summed E-state index contributed by atoms with van der Waals surface area (Å²) >= 11 is 0. The molecular weight excluding hydrogens is 344 g/mol. The van der Waals surface area contributed by atoms with E-state index in [0.29, 0.717) is 16.8 Å². The summed E-state index contributed by atoms with van der Waals surface area (Å²) in [5.74, 6) is -0.868. The van der Waals surface area contributed by atoms with Gasteiger partial charge in [0.05, 0.1) is 10.5 Å². The van der Waals surface area contributed by atoms with E-state index in [4.69, 9.17) is 14.8 Å². The largest absolute Gasteiger partial charge is 0.481 e. The van der Waals surface area contributed by atoms with Crippen molar-refractivity contribution < 1.29 is 22.8 Å². The lowest BCUT2D eigenvalue weighted by molar-refractivity contribution is -0.136. The highest BCUT2D eigenvalue weighted by atomic mass is 32.2. The van der Waals surface area contributed by atoms with Gasteiger partial charge in [0, 0.05) is 5.56 Å². The van der Waals surface area contributed by atoms with Crippen LogP contribution in [-0.4, -0.2) is 24.7 Å². The molecule has 0 aliphatic rings. The molecule has 3 N–H and O–H groups in total. The maximum Gasteiger partial charge on any atom is 0.311 e. The molecule has 7 nitrogen and oxygen atoms in total. The van der Waals surface area contributed by atoms with E-state index in [9.17, 15) is 13.2 Å². The number of rotatable bonds is 5. The number of carbonyl (C=O) groups is 1. The summed E-state index contributed by atoms with van der Waals surface area (Å²) < 4.78 is 28.0. The number of carboxylic acids is 1. The highest BCUT2D eigenvalue weighted by Crippen LogP contribution is 2.35. The molecule has 0 aliphatic carbocycles. The lowest BCUT2D eigenvalue weighted by Gasteiger charge is -2.05. The van der Waals surface area contributed by atoms with Crippen LogP contribution >= 0.6 is 0 Å². The van der Waals surface area contributed by atoms with Gasteiger partial charge in [-0.05, 0) is 17.7 Å². The molecule has 3 aromatic rings. The van der Waals surface area contributed by atoms with Gasteiger partial charge in [-0.15, -0.1) is 0 Å². The molecular formula is C17H14N2O5S. The number of hydrogen-bond donors (Lipinski definition) is 2. The van der Waals surface area contributed by atoms with Crippen molar-refractivity contribution in [3.05, 3.63) is 60.4 Å². The maximum absolute atomic E-state index is 11.4. The van der Waals surface area contributed by atoms with Crippen LogP contribution in [0.4, 0.5) is 0 Å². The molecule has 3 rings (SSSR count). The molecule has 0 saturated heterocycles. The molecule has 2 aromatic carbocycles. The van der Waals surface area contributed by atoms with Gasteiger partial charge in [-0.1, -0.05) is 47.6 Å². The van der Waals surface area contributed by atoms with E-state index in [0.717, 1.165) is 5.56 Å². The number of sulfonamides is 1. The summed E-state index contributed by atoms with van der Waals surface area (Å²) in [6.07, 6.45) is -0.341. The zero-order valence-electron chi connectivity index (χ0n) is 12.9. The average Bonchev–Trinajstić information content (AvgIpc) is 2.98. The topological polar surface area (TPSA) is 123 Å². The first-order chi connectivity index (χ1) is 11.9. The zero-order chi connectivity index (χ0) is 18.0. The van der Waals surface area contributed by atoms with Crippen LogP contribution in [0.15, 0.2) is 64.0 Å². The van der Waals surface area contributed by atoms with E-state index in [-0.39, 0.29) is 17.1 Å². The Labute approximate surface area is 143 Å². The van der Waals surface area contributed by atoms with Crippen LogP contribution in [-0.2, 0) is 21.2 Å². The van der Waals surface area contributed by atoms with Gasteiger partial charge in [-0.25, -0.2) is 13.6 Å². The Bertz CT molecular complexity index is 1010. The van der Waals surface area contributed by atoms with Crippen molar-refractivity contribution in [1.82, 2.24) is 5.16 Å². The van der Waals surface area contributed by atoms with Crippen molar-refractivity contribution in [3.8, 4) is 22.4 Å². The van der Waals surface area contributed by atoms with Crippen LogP contribution in [0.25, 0.3) is 22.4 Å². The minimum atomic E-state index is -3.81. The molecule has 0 radical (unpaired) electrons. The van der Waals surface area contributed by atoms with E-state index >= 15 is 0 Å². The van der Waals surface area contributed by atoms with Gasteiger partial charge >= 0.3 is 5.97 Å². The third kappa shape index (κ3) is 3.59. The second-order valence-electron chi connectivity index (χ2n) is 5.34. The molecule has 1 heterocycles. The molecule has 0 bridgehead atoms. The van der Waals surface area contributed by atoms with Gasteiger partial charge < -0.3 is 9.63 Å². The van der Waals surface area contributed by atoms with E-state index in [2.05, 4.69) is 5.16 Å². The molecule has 0 saturated carbocycles. The minimum Gasteiger partial charge on any atom is -0.481 e. The predicted molar refractivity (Wildman–Crippen MR) is 90.1 cm³/mol. The Morgan fingerprint density at radius 3 is 2.24 bits per heavy atom. The van der Waals surface area contributed by atoms with Gasteiger partial charge in [0.15, 0.2) is 5.76 Å². The second-order valence-corrected chi connectivity index (χ2v) is 6.90. The first kappa shape index (κ1) is 16.9. The highest BCUT2D eigenvalue weighted by Gasteiger charge is 2.21. The Morgan fingerprint density at radius 2 is 1.68 bits per heavy atom. The normalized spacial score (nSPS) is 11.4. The van der Waals surface area contributed by atoms with Crippen LogP contribution in [0.3, 0.4) is 0 Å². The number of hydrogen-bond acceptors (Lipinski definition) is 5. The van der Waals surface area contributed by atoms with Crippen LogP contribution in [0.2, 0.25) is 0 Å². The fraction of sp³-hybridized carbons (Fsp3) is 0.0588. The summed E-state index contributed by atoms with van der Waals surface area (Å²) in [5, 5.41) is 18.2. The van der Waals surface area contributed by atoms with E-state index in [1.54, 1.807) is 12.1 Å². The van der Waals surface area contributed by atoms with Crippen molar-refractivity contribution in [3.63, 3.8) is 0 Å². The first-order valence-electron chi connectivity index (χ1n) is 7.25. The van der Waals surface area contributed by atoms with E-state index in [1.807, 2.05) is 30.3 Å². The molecule has 0 unspecified atom stereocenters. The van der Waals surface area contributed by atoms with Gasteiger partial charge in [0.2, 0.25) is 10.0 Å². The number of nitrogens with zero attached hydrogens (tertiary/aromatic N) is 1. The number of aliphatic carboxylic acids is 1. The summed E-state index contributed by atoms with van der Waals surface area (Å²) in [4.78, 5) is 11.1. The Balaban J connectivity index is 2.15. The minimum absolute atomic E-state index is 0.0336. The first-order valence-corrected chi connectivity index (χ1v) is 8.80. The Kier molecular flexibility index (Phi) is 4.39. The predicted octanol–water partition coefficient (Wildman–Crippen LogP) is 2.28. The van der Waals surface area contributed by atoms with Crippen molar-refractivity contribution in [2.24, 2.45) is 5.14 Å². The molecule has 1 aromatic heterocycles. The molecule has 25 heavy (non-hydrogen) atoms.